The zero-order chi connectivity index (χ0) is 12.9. The van der Waals surface area contributed by atoms with E-state index in [1.807, 2.05) is 31.7 Å². The second-order valence-corrected chi connectivity index (χ2v) is 5.57. The molecule has 1 aliphatic heterocycles. The second-order valence-electron chi connectivity index (χ2n) is 5.57. The quantitative estimate of drug-likeness (QED) is 0.761. The number of amides is 1. The van der Waals surface area contributed by atoms with Gasteiger partial charge in [-0.2, -0.15) is 0 Å². The Kier molecular flexibility index (Phi) is 2.49. The number of rotatable bonds is 1. The van der Waals surface area contributed by atoms with E-state index in [2.05, 4.69) is 18.2 Å². The highest BCUT2D eigenvalue weighted by atomic mass is 16.5. The van der Waals surface area contributed by atoms with Gasteiger partial charge in [0.15, 0.2) is 0 Å². The van der Waals surface area contributed by atoms with Crippen LogP contribution >= 0.6 is 0 Å². The second kappa shape index (κ2) is 3.82. The van der Waals surface area contributed by atoms with Crippen molar-refractivity contribution in [1.82, 2.24) is 4.90 Å². The minimum Gasteiger partial charge on any atom is -0.350 e. The maximum atomic E-state index is 12.2. The van der Waals surface area contributed by atoms with Gasteiger partial charge >= 0.3 is 0 Å². The zero-order valence-electron chi connectivity index (χ0n) is 11.1. The molecular formula is C15H19NO2. The third-order valence-corrected chi connectivity index (χ3v) is 4.02. The lowest BCUT2D eigenvalue weighted by Gasteiger charge is -2.33. The number of carbonyl (C=O) groups is 1. The Labute approximate surface area is 108 Å². The first-order valence-electron chi connectivity index (χ1n) is 6.62. The maximum Gasteiger partial charge on any atom is 0.225 e. The average Bonchev–Trinajstić information content (AvgIpc) is 2.78. The minimum absolute atomic E-state index is 0.101. The number of nitrogens with zero attached hydrogens (tertiary/aromatic N) is 1. The van der Waals surface area contributed by atoms with Crippen LogP contribution in [-0.2, 0) is 16.0 Å². The lowest BCUT2D eigenvalue weighted by molar-refractivity contribution is -0.147. The molecule has 1 aromatic carbocycles. The van der Waals surface area contributed by atoms with Gasteiger partial charge in [0.25, 0.3) is 0 Å². The predicted octanol–water partition coefficient (Wildman–Crippen LogP) is 2.66. The van der Waals surface area contributed by atoms with Gasteiger partial charge in [-0.05, 0) is 25.0 Å². The number of carbonyl (C=O) groups excluding carboxylic acids is 1. The molecule has 1 aromatic rings. The van der Waals surface area contributed by atoms with Gasteiger partial charge in [0.05, 0.1) is 12.1 Å². The summed E-state index contributed by atoms with van der Waals surface area (Å²) in [5.41, 5.74) is 2.09. The molecule has 0 bridgehead atoms. The van der Waals surface area contributed by atoms with Crippen molar-refractivity contribution in [2.24, 2.45) is 0 Å². The fraction of sp³-hybridized carbons (Fsp3) is 0.533. The van der Waals surface area contributed by atoms with Gasteiger partial charge in [-0.3, -0.25) is 4.79 Å². The summed E-state index contributed by atoms with van der Waals surface area (Å²) >= 11 is 0. The molecular weight excluding hydrogens is 226 g/mol. The summed E-state index contributed by atoms with van der Waals surface area (Å²) in [6, 6.07) is 8.46. The normalized spacial score (nSPS) is 28.1. The highest BCUT2D eigenvalue weighted by Gasteiger charge is 2.52. The van der Waals surface area contributed by atoms with Crippen LogP contribution in [0.4, 0.5) is 0 Å². The van der Waals surface area contributed by atoms with Crippen LogP contribution in [0.3, 0.4) is 0 Å². The van der Waals surface area contributed by atoms with E-state index in [1.54, 1.807) is 0 Å². The van der Waals surface area contributed by atoms with Crippen molar-refractivity contribution in [3.05, 3.63) is 35.4 Å². The first kappa shape index (κ1) is 11.7. The fourth-order valence-electron chi connectivity index (χ4n) is 3.34. The van der Waals surface area contributed by atoms with Crippen molar-refractivity contribution in [2.45, 2.75) is 51.5 Å². The number of fused-ring (bicyclic) bond motifs is 3. The van der Waals surface area contributed by atoms with E-state index in [4.69, 9.17) is 4.74 Å². The molecule has 0 N–H and O–H groups in total. The molecule has 1 heterocycles. The van der Waals surface area contributed by atoms with E-state index >= 15 is 0 Å². The standard InChI is InChI=1S/C15H19NO2/c1-4-13(17)16-14-11-8-6-5-7-10(11)9-12(14)18-15(16,2)3/h5-8,12,14H,4,9H2,1-3H3/t12-,14?/m0/s1. The molecule has 3 rings (SSSR count). The molecule has 0 saturated carbocycles. The van der Waals surface area contributed by atoms with Gasteiger partial charge in [-0.25, -0.2) is 0 Å². The zero-order valence-corrected chi connectivity index (χ0v) is 11.1. The Morgan fingerprint density at radius 1 is 1.44 bits per heavy atom. The smallest absolute Gasteiger partial charge is 0.225 e. The number of hydrogen-bond donors (Lipinski definition) is 0. The predicted molar refractivity (Wildman–Crippen MR) is 69.0 cm³/mol. The van der Waals surface area contributed by atoms with Gasteiger partial charge in [-0.15, -0.1) is 0 Å². The van der Waals surface area contributed by atoms with E-state index in [-0.39, 0.29) is 18.1 Å². The van der Waals surface area contributed by atoms with E-state index in [9.17, 15) is 4.79 Å². The summed E-state index contributed by atoms with van der Waals surface area (Å²) in [4.78, 5) is 14.2. The van der Waals surface area contributed by atoms with Crippen molar-refractivity contribution in [3.63, 3.8) is 0 Å². The molecule has 3 nitrogen and oxygen atoms in total. The average molecular weight is 245 g/mol. The Morgan fingerprint density at radius 3 is 2.89 bits per heavy atom. The van der Waals surface area contributed by atoms with Crippen LogP contribution in [0.2, 0.25) is 0 Å². The molecule has 2 atom stereocenters. The third-order valence-electron chi connectivity index (χ3n) is 4.02. The monoisotopic (exact) mass is 245 g/mol. The summed E-state index contributed by atoms with van der Waals surface area (Å²) in [7, 11) is 0. The Bertz CT molecular complexity index is 495. The number of benzene rings is 1. The van der Waals surface area contributed by atoms with Crippen molar-refractivity contribution < 1.29 is 9.53 Å². The Morgan fingerprint density at radius 2 is 2.17 bits per heavy atom. The molecule has 1 aliphatic carbocycles. The molecule has 18 heavy (non-hydrogen) atoms. The maximum absolute atomic E-state index is 12.2. The van der Waals surface area contributed by atoms with E-state index in [0.29, 0.717) is 6.42 Å². The van der Waals surface area contributed by atoms with E-state index < -0.39 is 5.72 Å². The SMILES string of the molecule is CCC(=O)N1C2c3ccccc3C[C@@H]2OC1(C)C. The molecule has 1 saturated heterocycles. The molecule has 3 heteroatoms. The van der Waals surface area contributed by atoms with Crippen LogP contribution in [0.15, 0.2) is 24.3 Å². The highest BCUT2D eigenvalue weighted by Crippen LogP contribution is 2.48. The number of hydrogen-bond acceptors (Lipinski definition) is 2. The summed E-state index contributed by atoms with van der Waals surface area (Å²) in [6.45, 7) is 5.88. The van der Waals surface area contributed by atoms with Crippen LogP contribution in [0.1, 0.15) is 44.4 Å². The molecule has 1 fully saturated rings. The van der Waals surface area contributed by atoms with Crippen LogP contribution in [0.5, 0.6) is 0 Å². The molecule has 96 valence electrons. The molecule has 0 spiro atoms. The first-order chi connectivity index (χ1) is 8.54. The van der Waals surface area contributed by atoms with Crippen molar-refractivity contribution in [3.8, 4) is 0 Å². The Hall–Kier alpha value is -1.35. The van der Waals surface area contributed by atoms with Gasteiger partial charge in [-0.1, -0.05) is 31.2 Å². The molecule has 0 aromatic heterocycles. The molecule has 1 unspecified atom stereocenters. The molecule has 0 radical (unpaired) electrons. The Balaban J connectivity index is 2.05. The summed E-state index contributed by atoms with van der Waals surface area (Å²) in [5.74, 6) is 0.171. The van der Waals surface area contributed by atoms with Gasteiger partial charge in [0, 0.05) is 12.8 Å². The van der Waals surface area contributed by atoms with E-state index in [1.165, 1.54) is 11.1 Å². The summed E-state index contributed by atoms with van der Waals surface area (Å²) in [5, 5.41) is 0. The van der Waals surface area contributed by atoms with Crippen molar-refractivity contribution in [1.29, 1.82) is 0 Å². The lowest BCUT2D eigenvalue weighted by Crippen LogP contribution is -2.44. The fourth-order valence-corrected chi connectivity index (χ4v) is 3.34. The van der Waals surface area contributed by atoms with Crippen LogP contribution in [-0.4, -0.2) is 22.6 Å². The molecule has 1 amide bonds. The topological polar surface area (TPSA) is 29.5 Å². The minimum atomic E-state index is -0.490. The van der Waals surface area contributed by atoms with Crippen molar-refractivity contribution >= 4 is 5.91 Å². The van der Waals surface area contributed by atoms with Crippen LogP contribution in [0.25, 0.3) is 0 Å². The van der Waals surface area contributed by atoms with Crippen LogP contribution in [0, 0.1) is 0 Å². The van der Waals surface area contributed by atoms with Crippen LogP contribution < -0.4 is 0 Å². The van der Waals surface area contributed by atoms with Gasteiger partial charge in [0.2, 0.25) is 5.91 Å². The first-order valence-corrected chi connectivity index (χ1v) is 6.62. The summed E-state index contributed by atoms with van der Waals surface area (Å²) in [6.07, 6.45) is 1.56. The van der Waals surface area contributed by atoms with Gasteiger partial charge in [0.1, 0.15) is 5.72 Å². The van der Waals surface area contributed by atoms with Gasteiger partial charge < -0.3 is 9.64 Å². The molecule has 2 aliphatic rings. The summed E-state index contributed by atoms with van der Waals surface area (Å²) < 4.78 is 6.10. The lowest BCUT2D eigenvalue weighted by atomic mass is 10.0. The highest BCUT2D eigenvalue weighted by molar-refractivity contribution is 5.77. The van der Waals surface area contributed by atoms with Crippen molar-refractivity contribution in [2.75, 3.05) is 0 Å². The number of ether oxygens (including phenoxy) is 1. The van der Waals surface area contributed by atoms with E-state index in [0.717, 1.165) is 6.42 Å². The largest absolute Gasteiger partial charge is 0.350 e. The third kappa shape index (κ3) is 1.50.